The molecule has 2 amide bonds. The number of pyridine rings is 1. The van der Waals surface area contributed by atoms with Gasteiger partial charge in [0.1, 0.15) is 6.61 Å². The maximum absolute atomic E-state index is 12.9. The summed E-state index contributed by atoms with van der Waals surface area (Å²) >= 11 is 0. The summed E-state index contributed by atoms with van der Waals surface area (Å²) in [4.78, 5) is 50.0. The first kappa shape index (κ1) is 24.0. The molecule has 2 aromatic carbocycles. The molecule has 0 saturated carbocycles. The lowest BCUT2D eigenvalue weighted by atomic mass is 10.2. The van der Waals surface area contributed by atoms with Gasteiger partial charge in [-0.1, -0.05) is 30.3 Å². The first-order valence-corrected chi connectivity index (χ1v) is 11.9. The number of amides is 2. The summed E-state index contributed by atoms with van der Waals surface area (Å²) in [5, 5.41) is 0.741. The summed E-state index contributed by atoms with van der Waals surface area (Å²) in [5.41, 5.74) is 8.14. The Morgan fingerprint density at radius 3 is 2.30 bits per heavy atom. The van der Waals surface area contributed by atoms with E-state index in [0.29, 0.717) is 49.0 Å². The van der Waals surface area contributed by atoms with Gasteiger partial charge in [0.05, 0.1) is 11.4 Å². The molecular weight excluding hydrogens is 472 g/mol. The molecule has 3 heterocycles. The second-order valence-corrected chi connectivity index (χ2v) is 8.78. The highest BCUT2D eigenvalue weighted by atomic mass is 16.6. The first-order valence-electron chi connectivity index (χ1n) is 11.9. The Morgan fingerprint density at radius 1 is 0.919 bits per heavy atom. The van der Waals surface area contributed by atoms with Gasteiger partial charge in [0.15, 0.2) is 5.65 Å². The fourth-order valence-corrected chi connectivity index (χ4v) is 4.32. The smallest absolute Gasteiger partial charge is 0.410 e. The van der Waals surface area contributed by atoms with Crippen LogP contribution in [-0.2, 0) is 11.3 Å². The molecule has 1 saturated heterocycles. The lowest BCUT2D eigenvalue weighted by Crippen LogP contribution is -2.49. The maximum Gasteiger partial charge on any atom is 0.410 e. The SMILES string of the molecule is Cc1nc(N2CCN(C(=O)OCc3ccccc3)CC2)nc2c1ccc(=O)n2-c1ccc(C(N)=O)cc1. The van der Waals surface area contributed by atoms with Gasteiger partial charge in [0, 0.05) is 43.2 Å². The van der Waals surface area contributed by atoms with E-state index in [1.165, 1.54) is 10.6 Å². The maximum atomic E-state index is 12.9. The topological polar surface area (TPSA) is 124 Å². The van der Waals surface area contributed by atoms with Crippen LogP contribution in [0.1, 0.15) is 21.6 Å². The Labute approximate surface area is 212 Å². The van der Waals surface area contributed by atoms with Crippen molar-refractivity contribution < 1.29 is 14.3 Å². The van der Waals surface area contributed by atoms with Crippen LogP contribution in [-0.4, -0.2) is 57.6 Å². The Bertz CT molecular complexity index is 1510. The molecule has 0 radical (unpaired) electrons. The van der Waals surface area contributed by atoms with Crippen LogP contribution in [0.15, 0.2) is 71.5 Å². The highest BCUT2D eigenvalue weighted by Crippen LogP contribution is 2.22. The molecule has 1 aliphatic heterocycles. The molecular formula is C27H26N6O4. The summed E-state index contributed by atoms with van der Waals surface area (Å²) in [6.45, 7) is 4.07. The highest BCUT2D eigenvalue weighted by molar-refractivity contribution is 5.93. The number of fused-ring (bicyclic) bond motifs is 1. The lowest BCUT2D eigenvalue weighted by molar-refractivity contribution is 0.0940. The Kier molecular flexibility index (Phi) is 6.55. The molecule has 1 fully saturated rings. The molecule has 0 bridgehead atoms. The number of ether oxygens (including phenoxy) is 1. The lowest BCUT2D eigenvalue weighted by Gasteiger charge is -2.34. The number of piperazine rings is 1. The first-order chi connectivity index (χ1) is 17.9. The van der Waals surface area contributed by atoms with Gasteiger partial charge in [-0.3, -0.25) is 14.2 Å². The number of carbonyl (C=O) groups is 2. The number of primary amides is 1. The number of benzene rings is 2. The molecule has 10 heteroatoms. The van der Waals surface area contributed by atoms with E-state index in [-0.39, 0.29) is 18.3 Å². The number of anilines is 1. The molecule has 37 heavy (non-hydrogen) atoms. The van der Waals surface area contributed by atoms with Crippen molar-refractivity contribution in [2.45, 2.75) is 13.5 Å². The predicted octanol–water partition coefficient (Wildman–Crippen LogP) is 2.65. The van der Waals surface area contributed by atoms with E-state index in [0.717, 1.165) is 16.6 Å². The van der Waals surface area contributed by atoms with E-state index in [4.69, 9.17) is 15.5 Å². The zero-order valence-corrected chi connectivity index (χ0v) is 20.3. The molecule has 0 atom stereocenters. The van der Waals surface area contributed by atoms with Crippen molar-refractivity contribution >= 4 is 29.0 Å². The number of hydrogen-bond acceptors (Lipinski definition) is 7. The standard InChI is InChI=1S/C27H26N6O4/c1-18-22-11-12-23(34)33(21-9-7-20(8-10-21)24(28)35)25(22)30-26(29-18)31-13-15-32(16-14-31)27(36)37-17-19-5-3-2-4-6-19/h2-12H,13-17H2,1H3,(H2,28,35). The minimum Gasteiger partial charge on any atom is -0.445 e. The van der Waals surface area contributed by atoms with E-state index in [2.05, 4.69) is 4.98 Å². The fourth-order valence-electron chi connectivity index (χ4n) is 4.32. The minimum atomic E-state index is -0.541. The van der Waals surface area contributed by atoms with E-state index >= 15 is 0 Å². The molecule has 5 rings (SSSR count). The van der Waals surface area contributed by atoms with E-state index in [1.54, 1.807) is 35.2 Å². The average molecular weight is 499 g/mol. The van der Waals surface area contributed by atoms with Gasteiger partial charge in [0.2, 0.25) is 11.9 Å². The van der Waals surface area contributed by atoms with Crippen LogP contribution >= 0.6 is 0 Å². The van der Waals surface area contributed by atoms with E-state index < -0.39 is 5.91 Å². The van der Waals surface area contributed by atoms with Gasteiger partial charge in [-0.15, -0.1) is 0 Å². The molecule has 10 nitrogen and oxygen atoms in total. The van der Waals surface area contributed by atoms with Crippen molar-refractivity contribution in [2.75, 3.05) is 31.1 Å². The second-order valence-electron chi connectivity index (χ2n) is 8.78. The number of nitrogens with zero attached hydrogens (tertiary/aromatic N) is 5. The average Bonchev–Trinajstić information content (AvgIpc) is 2.92. The largest absolute Gasteiger partial charge is 0.445 e. The van der Waals surface area contributed by atoms with Gasteiger partial charge in [0.25, 0.3) is 5.56 Å². The normalized spacial score (nSPS) is 13.5. The van der Waals surface area contributed by atoms with Gasteiger partial charge in [-0.05, 0) is 42.8 Å². The van der Waals surface area contributed by atoms with Crippen LogP contribution < -0.4 is 16.2 Å². The molecule has 2 N–H and O–H groups in total. The zero-order valence-electron chi connectivity index (χ0n) is 20.3. The summed E-state index contributed by atoms with van der Waals surface area (Å²) in [7, 11) is 0. The molecule has 188 valence electrons. The summed E-state index contributed by atoms with van der Waals surface area (Å²) < 4.78 is 6.95. The zero-order chi connectivity index (χ0) is 25.9. The molecule has 1 aliphatic rings. The third kappa shape index (κ3) is 4.99. The quantitative estimate of drug-likeness (QED) is 0.449. The van der Waals surface area contributed by atoms with Crippen LogP contribution in [0.4, 0.5) is 10.7 Å². The van der Waals surface area contributed by atoms with Crippen molar-refractivity contribution in [1.82, 2.24) is 19.4 Å². The predicted molar refractivity (Wildman–Crippen MR) is 139 cm³/mol. The Morgan fingerprint density at radius 2 is 1.62 bits per heavy atom. The molecule has 2 aromatic heterocycles. The van der Waals surface area contributed by atoms with Crippen molar-refractivity contribution in [1.29, 1.82) is 0 Å². The number of hydrogen-bond donors (Lipinski definition) is 1. The number of rotatable bonds is 5. The summed E-state index contributed by atoms with van der Waals surface area (Å²) in [6.07, 6.45) is -0.354. The summed E-state index contributed by atoms with van der Waals surface area (Å²) in [5.74, 6) is -0.0595. The number of nitrogens with two attached hydrogens (primary N) is 1. The molecule has 0 spiro atoms. The van der Waals surface area contributed by atoms with Crippen molar-refractivity contribution in [3.8, 4) is 5.69 Å². The second kappa shape index (κ2) is 10.1. The van der Waals surface area contributed by atoms with E-state index in [1.807, 2.05) is 42.2 Å². The van der Waals surface area contributed by atoms with Gasteiger partial charge < -0.3 is 20.3 Å². The van der Waals surface area contributed by atoms with Crippen LogP contribution in [0.25, 0.3) is 16.7 Å². The third-order valence-electron chi connectivity index (χ3n) is 6.36. The van der Waals surface area contributed by atoms with Gasteiger partial charge in [-0.25, -0.2) is 9.78 Å². The Hall–Kier alpha value is -4.73. The van der Waals surface area contributed by atoms with Crippen molar-refractivity contribution in [3.05, 3.63) is 93.9 Å². The molecule has 0 aliphatic carbocycles. The Balaban J connectivity index is 1.36. The van der Waals surface area contributed by atoms with Crippen molar-refractivity contribution in [3.63, 3.8) is 0 Å². The highest BCUT2D eigenvalue weighted by Gasteiger charge is 2.25. The van der Waals surface area contributed by atoms with Crippen LogP contribution in [0, 0.1) is 6.92 Å². The number of aryl methyl sites for hydroxylation is 1. The number of carbonyl (C=O) groups excluding carboxylic acids is 2. The summed E-state index contributed by atoms with van der Waals surface area (Å²) in [6, 6.07) is 19.2. The minimum absolute atomic E-state index is 0.227. The van der Waals surface area contributed by atoms with Crippen molar-refractivity contribution in [2.24, 2.45) is 5.73 Å². The van der Waals surface area contributed by atoms with Crippen LogP contribution in [0.2, 0.25) is 0 Å². The molecule has 0 unspecified atom stereocenters. The van der Waals surface area contributed by atoms with Gasteiger partial charge in [-0.2, -0.15) is 4.98 Å². The number of aromatic nitrogens is 3. The van der Waals surface area contributed by atoms with Crippen LogP contribution in [0.3, 0.4) is 0 Å². The molecule has 4 aromatic rings. The third-order valence-corrected chi connectivity index (χ3v) is 6.36. The fraction of sp³-hybridized carbons (Fsp3) is 0.222. The van der Waals surface area contributed by atoms with Gasteiger partial charge >= 0.3 is 6.09 Å². The monoisotopic (exact) mass is 498 g/mol. The van der Waals surface area contributed by atoms with Crippen LogP contribution in [0.5, 0.6) is 0 Å². The van der Waals surface area contributed by atoms with E-state index in [9.17, 15) is 14.4 Å².